The highest BCUT2D eigenvalue weighted by Crippen LogP contribution is 2.20. The van der Waals surface area contributed by atoms with Gasteiger partial charge in [0.1, 0.15) is 23.9 Å². The highest BCUT2D eigenvalue weighted by Gasteiger charge is 2.29. The number of hydrogen-bond acceptors (Lipinski definition) is 5. The molecule has 3 rings (SSSR count). The van der Waals surface area contributed by atoms with E-state index in [2.05, 4.69) is 0 Å². The molecule has 1 heterocycles. The van der Waals surface area contributed by atoms with E-state index in [9.17, 15) is 14.0 Å². The van der Waals surface area contributed by atoms with E-state index in [1.165, 1.54) is 30.3 Å². The zero-order chi connectivity index (χ0) is 16.2. The summed E-state index contributed by atoms with van der Waals surface area (Å²) in [7, 11) is 0. The number of carbonyl (C=O) groups excluding carboxylic acids is 2. The lowest BCUT2D eigenvalue weighted by molar-refractivity contribution is -0.124. The van der Waals surface area contributed by atoms with Gasteiger partial charge in [-0.2, -0.15) is 0 Å². The Balaban J connectivity index is 1.55. The van der Waals surface area contributed by atoms with Crippen molar-refractivity contribution in [3.8, 4) is 5.75 Å². The zero-order valence-corrected chi connectivity index (χ0v) is 12.3. The first-order chi connectivity index (χ1) is 11.1. The molecular formula is C17H15FO5. The number of carbonyl (C=O) groups is 2. The molecule has 0 saturated heterocycles. The summed E-state index contributed by atoms with van der Waals surface area (Å²) in [5, 5.41) is 0. The van der Waals surface area contributed by atoms with Crippen molar-refractivity contribution in [3.63, 3.8) is 0 Å². The van der Waals surface area contributed by atoms with Crippen LogP contribution in [0.5, 0.6) is 5.75 Å². The Kier molecular flexibility index (Phi) is 4.41. The van der Waals surface area contributed by atoms with Gasteiger partial charge in [-0.1, -0.05) is 0 Å². The molecule has 0 N–H and O–H groups in total. The van der Waals surface area contributed by atoms with Gasteiger partial charge >= 0.3 is 5.97 Å². The first kappa shape index (κ1) is 15.3. The predicted octanol–water partition coefficient (Wildman–Crippen LogP) is 3.28. The van der Waals surface area contributed by atoms with Crippen LogP contribution in [-0.4, -0.2) is 17.9 Å². The van der Waals surface area contributed by atoms with Gasteiger partial charge in [-0.25, -0.2) is 9.18 Å². The minimum absolute atomic E-state index is 0.0300. The lowest BCUT2D eigenvalue weighted by Crippen LogP contribution is -2.21. The third kappa shape index (κ3) is 3.77. The summed E-state index contributed by atoms with van der Waals surface area (Å²) >= 11 is 0. The number of halogens is 1. The summed E-state index contributed by atoms with van der Waals surface area (Å²) in [6.07, 6.45) is 1.09. The van der Waals surface area contributed by atoms with Crippen molar-refractivity contribution >= 4 is 11.8 Å². The molecule has 23 heavy (non-hydrogen) atoms. The minimum Gasteiger partial charge on any atom is -0.486 e. The highest BCUT2D eigenvalue weighted by atomic mass is 19.1. The van der Waals surface area contributed by atoms with Crippen LogP contribution < -0.4 is 4.74 Å². The Hall–Kier alpha value is -2.63. The molecule has 1 unspecified atom stereocenters. The molecule has 1 atom stereocenters. The number of hydrogen-bond donors (Lipinski definition) is 0. The van der Waals surface area contributed by atoms with Crippen LogP contribution >= 0.6 is 0 Å². The standard InChI is InChI=1S/C17H15FO5/c18-11-4-6-12(7-5-11)21-10-13-8-9-16(22-13)17(20)23-15-3-1-2-14(15)19/h4-9,15H,1-3,10H2. The van der Waals surface area contributed by atoms with E-state index in [0.717, 1.165) is 6.42 Å². The molecule has 0 spiro atoms. The monoisotopic (exact) mass is 318 g/mol. The quantitative estimate of drug-likeness (QED) is 0.792. The van der Waals surface area contributed by atoms with Gasteiger partial charge in [0.25, 0.3) is 0 Å². The molecule has 1 aliphatic rings. The summed E-state index contributed by atoms with van der Waals surface area (Å²) in [6.45, 7) is 0.0985. The molecule has 6 heteroatoms. The van der Waals surface area contributed by atoms with Crippen LogP contribution in [0.3, 0.4) is 0 Å². The Bertz CT molecular complexity index is 704. The van der Waals surface area contributed by atoms with Gasteiger partial charge in [0.2, 0.25) is 5.76 Å². The van der Waals surface area contributed by atoms with Gasteiger partial charge in [-0.15, -0.1) is 0 Å². The van der Waals surface area contributed by atoms with E-state index in [0.29, 0.717) is 24.4 Å². The number of rotatable bonds is 5. The smallest absolute Gasteiger partial charge is 0.374 e. The number of furan rings is 1. The molecule has 1 aliphatic carbocycles. The maximum Gasteiger partial charge on any atom is 0.374 e. The number of ether oxygens (including phenoxy) is 2. The van der Waals surface area contributed by atoms with Gasteiger partial charge in [-0.05, 0) is 49.2 Å². The van der Waals surface area contributed by atoms with Crippen molar-refractivity contribution in [1.29, 1.82) is 0 Å². The Morgan fingerprint density at radius 2 is 2.00 bits per heavy atom. The SMILES string of the molecule is O=C(OC1CCCC1=O)c1ccc(COc2ccc(F)cc2)o1. The van der Waals surface area contributed by atoms with Crippen LogP contribution in [0.25, 0.3) is 0 Å². The van der Waals surface area contributed by atoms with Crippen molar-refractivity contribution in [2.24, 2.45) is 0 Å². The van der Waals surface area contributed by atoms with Crippen molar-refractivity contribution in [2.45, 2.75) is 32.0 Å². The van der Waals surface area contributed by atoms with E-state index in [1.807, 2.05) is 0 Å². The molecule has 1 aromatic heterocycles. The Morgan fingerprint density at radius 1 is 1.22 bits per heavy atom. The van der Waals surface area contributed by atoms with Gasteiger partial charge in [0.05, 0.1) is 0 Å². The van der Waals surface area contributed by atoms with Gasteiger partial charge in [0, 0.05) is 6.42 Å². The third-order valence-electron chi connectivity index (χ3n) is 3.56. The van der Waals surface area contributed by atoms with Gasteiger partial charge in [-0.3, -0.25) is 4.79 Å². The van der Waals surface area contributed by atoms with Crippen LogP contribution in [0.2, 0.25) is 0 Å². The molecule has 1 fully saturated rings. The fourth-order valence-corrected chi connectivity index (χ4v) is 2.35. The van der Waals surface area contributed by atoms with Crippen LogP contribution in [0.15, 0.2) is 40.8 Å². The number of benzene rings is 1. The molecule has 120 valence electrons. The van der Waals surface area contributed by atoms with Crippen molar-refractivity contribution in [3.05, 3.63) is 53.7 Å². The molecule has 0 aliphatic heterocycles. The first-order valence-electron chi connectivity index (χ1n) is 7.32. The zero-order valence-electron chi connectivity index (χ0n) is 12.3. The molecule has 2 aromatic rings. The minimum atomic E-state index is -0.661. The predicted molar refractivity (Wildman–Crippen MR) is 77.5 cm³/mol. The Morgan fingerprint density at radius 3 is 2.70 bits per heavy atom. The molecule has 1 aromatic carbocycles. The maximum absolute atomic E-state index is 12.8. The summed E-state index contributed by atoms with van der Waals surface area (Å²) in [5.41, 5.74) is 0. The van der Waals surface area contributed by atoms with Crippen LogP contribution in [0.4, 0.5) is 4.39 Å². The highest BCUT2D eigenvalue weighted by molar-refractivity contribution is 5.91. The van der Waals surface area contributed by atoms with E-state index in [4.69, 9.17) is 13.9 Å². The summed E-state index contributed by atoms with van der Waals surface area (Å²) in [4.78, 5) is 23.4. The van der Waals surface area contributed by atoms with Gasteiger partial charge in [0.15, 0.2) is 11.9 Å². The van der Waals surface area contributed by atoms with Crippen molar-refractivity contribution in [2.75, 3.05) is 0 Å². The average molecular weight is 318 g/mol. The molecule has 0 radical (unpaired) electrons. The van der Waals surface area contributed by atoms with Crippen LogP contribution in [0.1, 0.15) is 35.6 Å². The summed E-state index contributed by atoms with van der Waals surface area (Å²) < 4.78 is 28.7. The fraction of sp³-hybridized carbons (Fsp3) is 0.294. The van der Waals surface area contributed by atoms with E-state index < -0.39 is 12.1 Å². The molecule has 5 nitrogen and oxygen atoms in total. The third-order valence-corrected chi connectivity index (χ3v) is 3.56. The van der Waals surface area contributed by atoms with E-state index in [1.54, 1.807) is 6.07 Å². The topological polar surface area (TPSA) is 65.7 Å². The van der Waals surface area contributed by atoms with Crippen molar-refractivity contribution in [1.82, 2.24) is 0 Å². The molecule has 0 amide bonds. The van der Waals surface area contributed by atoms with Crippen LogP contribution in [-0.2, 0) is 16.1 Å². The average Bonchev–Trinajstić information content (AvgIpc) is 3.17. The normalized spacial score (nSPS) is 17.3. The fourth-order valence-electron chi connectivity index (χ4n) is 2.35. The lowest BCUT2D eigenvalue weighted by atomic mass is 10.3. The van der Waals surface area contributed by atoms with Gasteiger partial charge < -0.3 is 13.9 Å². The van der Waals surface area contributed by atoms with E-state index in [-0.39, 0.29) is 24.0 Å². The maximum atomic E-state index is 12.8. The molecule has 1 saturated carbocycles. The second-order valence-corrected chi connectivity index (χ2v) is 5.26. The van der Waals surface area contributed by atoms with Crippen molar-refractivity contribution < 1.29 is 27.9 Å². The lowest BCUT2D eigenvalue weighted by Gasteiger charge is -2.08. The number of esters is 1. The largest absolute Gasteiger partial charge is 0.486 e. The Labute approximate surface area is 132 Å². The first-order valence-corrected chi connectivity index (χ1v) is 7.32. The molecular weight excluding hydrogens is 303 g/mol. The second-order valence-electron chi connectivity index (χ2n) is 5.26. The van der Waals surface area contributed by atoms with Crippen LogP contribution in [0, 0.1) is 5.82 Å². The second kappa shape index (κ2) is 6.64. The number of ketones is 1. The summed E-state index contributed by atoms with van der Waals surface area (Å²) in [6, 6.07) is 8.65. The van der Waals surface area contributed by atoms with E-state index >= 15 is 0 Å². The summed E-state index contributed by atoms with van der Waals surface area (Å²) in [5.74, 6) is -0.102. The number of Topliss-reactive ketones (excluding diaryl/α,β-unsaturated/α-hetero) is 1. The molecule has 0 bridgehead atoms.